The molecule has 0 radical (unpaired) electrons. The molecule has 3 aromatic rings. The summed E-state index contributed by atoms with van der Waals surface area (Å²) in [5.74, 6) is 2.62. The SMILES string of the molecule is COc1ccc(-c2ccc3nc(N)nc(N4CCN(C)CC4)c3c2)cc1OC. The maximum atomic E-state index is 5.99. The lowest BCUT2D eigenvalue weighted by molar-refractivity contribution is 0.312. The Labute approximate surface area is 164 Å². The molecule has 2 heterocycles. The molecule has 7 nitrogen and oxygen atoms in total. The minimum Gasteiger partial charge on any atom is -0.493 e. The van der Waals surface area contributed by atoms with Crippen LogP contribution in [-0.4, -0.2) is 62.3 Å². The molecule has 1 fully saturated rings. The standard InChI is InChI=1S/C21H25N5O2/c1-25-8-10-26(11-9-25)20-16-12-14(4-6-17(16)23-21(22)24-20)15-5-7-18(27-2)19(13-15)28-3/h4-7,12-13H,8-11H2,1-3H3,(H2,22,23,24). The van der Waals surface area contributed by atoms with E-state index in [2.05, 4.69) is 32.9 Å². The molecule has 1 aliphatic rings. The summed E-state index contributed by atoms with van der Waals surface area (Å²) in [6.45, 7) is 3.84. The highest BCUT2D eigenvalue weighted by atomic mass is 16.5. The van der Waals surface area contributed by atoms with Gasteiger partial charge in [0.1, 0.15) is 5.82 Å². The normalized spacial score (nSPS) is 15.0. The van der Waals surface area contributed by atoms with Crippen LogP contribution >= 0.6 is 0 Å². The Balaban J connectivity index is 1.80. The van der Waals surface area contributed by atoms with Crippen LogP contribution in [0.1, 0.15) is 0 Å². The number of nitrogens with zero attached hydrogens (tertiary/aromatic N) is 4. The maximum Gasteiger partial charge on any atom is 0.222 e. The van der Waals surface area contributed by atoms with Crippen LogP contribution in [-0.2, 0) is 0 Å². The van der Waals surface area contributed by atoms with E-state index in [0.717, 1.165) is 54.0 Å². The van der Waals surface area contributed by atoms with Crippen LogP contribution in [0.15, 0.2) is 36.4 Å². The molecule has 0 spiro atoms. The van der Waals surface area contributed by atoms with Crippen LogP contribution in [0.2, 0.25) is 0 Å². The first-order valence-electron chi connectivity index (χ1n) is 9.32. The predicted octanol–water partition coefficient (Wildman–Crippen LogP) is 2.65. The van der Waals surface area contributed by atoms with E-state index in [1.807, 2.05) is 30.3 Å². The van der Waals surface area contributed by atoms with Crippen molar-refractivity contribution in [3.8, 4) is 22.6 Å². The van der Waals surface area contributed by atoms with Crippen molar-refractivity contribution in [1.82, 2.24) is 14.9 Å². The average molecular weight is 379 g/mol. The van der Waals surface area contributed by atoms with Gasteiger partial charge in [0.25, 0.3) is 0 Å². The van der Waals surface area contributed by atoms with Gasteiger partial charge >= 0.3 is 0 Å². The molecule has 146 valence electrons. The average Bonchev–Trinajstić information content (AvgIpc) is 2.73. The second-order valence-corrected chi connectivity index (χ2v) is 7.00. The first-order chi connectivity index (χ1) is 13.6. The van der Waals surface area contributed by atoms with E-state index in [4.69, 9.17) is 15.2 Å². The molecule has 0 amide bonds. The number of benzene rings is 2. The third-order valence-electron chi connectivity index (χ3n) is 5.21. The van der Waals surface area contributed by atoms with Gasteiger partial charge in [0, 0.05) is 31.6 Å². The topological polar surface area (TPSA) is 76.7 Å². The molecule has 0 atom stereocenters. The summed E-state index contributed by atoms with van der Waals surface area (Å²) in [6, 6.07) is 12.1. The fraction of sp³-hybridized carbons (Fsp3) is 0.333. The molecule has 4 rings (SSSR count). The van der Waals surface area contributed by atoms with Gasteiger partial charge in [-0.3, -0.25) is 0 Å². The van der Waals surface area contributed by atoms with Gasteiger partial charge in [0.15, 0.2) is 11.5 Å². The van der Waals surface area contributed by atoms with Crippen LogP contribution in [0.3, 0.4) is 0 Å². The highest BCUT2D eigenvalue weighted by molar-refractivity contribution is 5.94. The van der Waals surface area contributed by atoms with E-state index in [1.54, 1.807) is 14.2 Å². The molecule has 2 aromatic carbocycles. The molecule has 0 bridgehead atoms. The fourth-order valence-electron chi connectivity index (χ4n) is 3.58. The number of methoxy groups -OCH3 is 2. The van der Waals surface area contributed by atoms with Gasteiger partial charge in [0.05, 0.1) is 19.7 Å². The predicted molar refractivity (Wildman–Crippen MR) is 112 cm³/mol. The van der Waals surface area contributed by atoms with Gasteiger partial charge in [0.2, 0.25) is 5.95 Å². The lowest BCUT2D eigenvalue weighted by Gasteiger charge is -2.33. The quantitative estimate of drug-likeness (QED) is 0.747. The Morgan fingerprint density at radius 1 is 0.857 bits per heavy atom. The number of piperazine rings is 1. The molecule has 1 aromatic heterocycles. The molecule has 2 N–H and O–H groups in total. The number of nitrogen functional groups attached to an aromatic ring is 1. The minimum atomic E-state index is 0.306. The summed E-state index contributed by atoms with van der Waals surface area (Å²) in [5, 5.41) is 1.01. The molecule has 1 saturated heterocycles. The smallest absolute Gasteiger partial charge is 0.222 e. The van der Waals surface area contributed by atoms with Crippen LogP contribution in [0, 0.1) is 0 Å². The van der Waals surface area contributed by atoms with E-state index < -0.39 is 0 Å². The van der Waals surface area contributed by atoms with E-state index >= 15 is 0 Å². The van der Waals surface area contributed by atoms with E-state index in [1.165, 1.54) is 0 Å². The number of aromatic nitrogens is 2. The molecule has 0 aliphatic carbocycles. The minimum absolute atomic E-state index is 0.306. The molecular weight excluding hydrogens is 354 g/mol. The van der Waals surface area contributed by atoms with Crippen molar-refractivity contribution in [3.05, 3.63) is 36.4 Å². The Kier molecular flexibility index (Phi) is 4.92. The number of hydrogen-bond donors (Lipinski definition) is 1. The Morgan fingerprint density at radius 3 is 2.25 bits per heavy atom. The third kappa shape index (κ3) is 3.41. The van der Waals surface area contributed by atoms with Crippen molar-refractivity contribution >= 4 is 22.7 Å². The monoisotopic (exact) mass is 379 g/mol. The van der Waals surface area contributed by atoms with Crippen molar-refractivity contribution in [2.75, 3.05) is 58.1 Å². The van der Waals surface area contributed by atoms with Crippen LogP contribution in [0.5, 0.6) is 11.5 Å². The number of anilines is 2. The fourth-order valence-corrected chi connectivity index (χ4v) is 3.58. The largest absolute Gasteiger partial charge is 0.493 e. The lowest BCUT2D eigenvalue weighted by Crippen LogP contribution is -2.45. The summed E-state index contributed by atoms with van der Waals surface area (Å²) in [4.78, 5) is 13.6. The first kappa shape index (κ1) is 18.3. The zero-order chi connectivity index (χ0) is 19.7. The zero-order valence-corrected chi connectivity index (χ0v) is 16.5. The molecule has 0 saturated carbocycles. The number of hydrogen-bond acceptors (Lipinski definition) is 7. The van der Waals surface area contributed by atoms with Crippen LogP contribution < -0.4 is 20.1 Å². The van der Waals surface area contributed by atoms with Crippen molar-refractivity contribution in [2.24, 2.45) is 0 Å². The molecule has 1 aliphatic heterocycles. The molecule has 7 heteroatoms. The second kappa shape index (κ2) is 7.52. The molecular formula is C21H25N5O2. The zero-order valence-electron chi connectivity index (χ0n) is 16.5. The van der Waals surface area contributed by atoms with Crippen molar-refractivity contribution in [2.45, 2.75) is 0 Å². The molecule has 28 heavy (non-hydrogen) atoms. The van der Waals surface area contributed by atoms with Crippen molar-refractivity contribution in [3.63, 3.8) is 0 Å². The summed E-state index contributed by atoms with van der Waals surface area (Å²) in [7, 11) is 5.42. The van der Waals surface area contributed by atoms with Crippen molar-refractivity contribution < 1.29 is 9.47 Å². The summed E-state index contributed by atoms with van der Waals surface area (Å²) in [6.07, 6.45) is 0. The number of fused-ring (bicyclic) bond motifs is 1. The lowest BCUT2D eigenvalue weighted by atomic mass is 10.0. The van der Waals surface area contributed by atoms with E-state index in [0.29, 0.717) is 17.4 Å². The van der Waals surface area contributed by atoms with Crippen LogP contribution in [0.4, 0.5) is 11.8 Å². The van der Waals surface area contributed by atoms with Gasteiger partial charge in [-0.15, -0.1) is 0 Å². The number of ether oxygens (including phenoxy) is 2. The Bertz CT molecular complexity index is 999. The van der Waals surface area contributed by atoms with Gasteiger partial charge in [-0.25, -0.2) is 4.98 Å². The highest BCUT2D eigenvalue weighted by Gasteiger charge is 2.19. The number of likely N-dealkylation sites (N-methyl/N-ethyl adjacent to an activating group) is 1. The van der Waals surface area contributed by atoms with E-state index in [9.17, 15) is 0 Å². The van der Waals surface area contributed by atoms with Crippen molar-refractivity contribution in [1.29, 1.82) is 0 Å². The van der Waals surface area contributed by atoms with Gasteiger partial charge < -0.3 is 25.0 Å². The molecule has 0 unspecified atom stereocenters. The van der Waals surface area contributed by atoms with Gasteiger partial charge in [-0.2, -0.15) is 4.98 Å². The summed E-state index contributed by atoms with van der Waals surface area (Å²) < 4.78 is 10.8. The number of nitrogens with two attached hydrogens (primary N) is 1. The van der Waals surface area contributed by atoms with Crippen LogP contribution in [0.25, 0.3) is 22.0 Å². The van der Waals surface area contributed by atoms with E-state index in [-0.39, 0.29) is 0 Å². The number of rotatable bonds is 4. The summed E-state index contributed by atoms with van der Waals surface area (Å²) >= 11 is 0. The Hall–Kier alpha value is -3.06. The second-order valence-electron chi connectivity index (χ2n) is 7.00. The third-order valence-corrected chi connectivity index (χ3v) is 5.21. The highest BCUT2D eigenvalue weighted by Crippen LogP contribution is 2.35. The Morgan fingerprint density at radius 2 is 1.54 bits per heavy atom. The maximum absolute atomic E-state index is 5.99. The van der Waals surface area contributed by atoms with Gasteiger partial charge in [-0.1, -0.05) is 12.1 Å². The van der Waals surface area contributed by atoms with Gasteiger partial charge in [-0.05, 0) is 42.4 Å². The first-order valence-corrected chi connectivity index (χ1v) is 9.32. The summed E-state index contributed by atoms with van der Waals surface area (Å²) in [5.41, 5.74) is 8.95.